The van der Waals surface area contributed by atoms with E-state index in [2.05, 4.69) is 26.9 Å². The smallest absolute Gasteiger partial charge is 0.234 e. The van der Waals surface area contributed by atoms with Crippen LogP contribution in [0.25, 0.3) is 0 Å². The first-order valence-corrected chi connectivity index (χ1v) is 9.96. The molecule has 0 fully saturated rings. The van der Waals surface area contributed by atoms with Crippen LogP contribution in [0.15, 0.2) is 46.8 Å². The summed E-state index contributed by atoms with van der Waals surface area (Å²) in [6.45, 7) is 6.07. The van der Waals surface area contributed by atoms with E-state index in [0.717, 1.165) is 26.8 Å². The van der Waals surface area contributed by atoms with E-state index in [1.165, 1.54) is 28.7 Å². The summed E-state index contributed by atoms with van der Waals surface area (Å²) in [4.78, 5) is 12.2. The van der Waals surface area contributed by atoms with Crippen molar-refractivity contribution in [1.82, 2.24) is 10.2 Å². The van der Waals surface area contributed by atoms with Gasteiger partial charge in [-0.25, -0.2) is 0 Å². The number of rotatable bonds is 6. The Morgan fingerprint density at radius 1 is 1.00 bits per heavy atom. The van der Waals surface area contributed by atoms with Gasteiger partial charge in [-0.05, 0) is 61.7 Å². The van der Waals surface area contributed by atoms with Crippen LogP contribution in [0.4, 0.5) is 16.5 Å². The lowest BCUT2D eigenvalue weighted by Gasteiger charge is -2.06. The zero-order chi connectivity index (χ0) is 18.5. The summed E-state index contributed by atoms with van der Waals surface area (Å²) in [5.41, 5.74) is 5.24. The average molecular weight is 385 g/mol. The van der Waals surface area contributed by atoms with Gasteiger partial charge in [-0.1, -0.05) is 41.3 Å². The second kappa shape index (κ2) is 8.33. The number of amides is 1. The molecular formula is C19H20N4OS2. The molecule has 0 saturated heterocycles. The van der Waals surface area contributed by atoms with Crippen LogP contribution in [0.5, 0.6) is 0 Å². The van der Waals surface area contributed by atoms with Crippen molar-refractivity contribution in [3.63, 3.8) is 0 Å². The van der Waals surface area contributed by atoms with Gasteiger partial charge in [-0.3, -0.25) is 4.79 Å². The summed E-state index contributed by atoms with van der Waals surface area (Å²) >= 11 is 2.82. The molecule has 134 valence electrons. The van der Waals surface area contributed by atoms with Gasteiger partial charge in [0.05, 0.1) is 5.75 Å². The summed E-state index contributed by atoms with van der Waals surface area (Å²) in [6, 6.07) is 14.1. The highest BCUT2D eigenvalue weighted by molar-refractivity contribution is 8.01. The van der Waals surface area contributed by atoms with Crippen LogP contribution in [0.3, 0.4) is 0 Å². The summed E-state index contributed by atoms with van der Waals surface area (Å²) in [5, 5.41) is 15.1. The van der Waals surface area contributed by atoms with E-state index in [1.807, 2.05) is 57.2 Å². The van der Waals surface area contributed by atoms with E-state index in [0.29, 0.717) is 10.9 Å². The van der Waals surface area contributed by atoms with Crippen LogP contribution in [-0.4, -0.2) is 21.9 Å². The highest BCUT2D eigenvalue weighted by Crippen LogP contribution is 2.28. The van der Waals surface area contributed by atoms with Crippen molar-refractivity contribution in [2.24, 2.45) is 0 Å². The van der Waals surface area contributed by atoms with E-state index in [9.17, 15) is 4.79 Å². The molecule has 0 spiro atoms. The molecule has 7 heteroatoms. The minimum Gasteiger partial charge on any atom is -0.330 e. The molecule has 0 aliphatic heterocycles. The molecule has 0 radical (unpaired) electrons. The average Bonchev–Trinajstić information content (AvgIpc) is 2.99. The van der Waals surface area contributed by atoms with Gasteiger partial charge in [-0.2, -0.15) is 0 Å². The molecule has 1 heterocycles. The van der Waals surface area contributed by atoms with Crippen molar-refractivity contribution in [1.29, 1.82) is 0 Å². The maximum absolute atomic E-state index is 12.2. The first-order valence-electron chi connectivity index (χ1n) is 8.16. The Hall–Kier alpha value is -2.38. The van der Waals surface area contributed by atoms with Crippen LogP contribution < -0.4 is 10.6 Å². The minimum atomic E-state index is -0.0524. The molecule has 3 rings (SSSR count). The fourth-order valence-electron chi connectivity index (χ4n) is 2.54. The van der Waals surface area contributed by atoms with Crippen LogP contribution in [0, 0.1) is 20.8 Å². The molecule has 26 heavy (non-hydrogen) atoms. The first-order chi connectivity index (χ1) is 12.5. The van der Waals surface area contributed by atoms with E-state index < -0.39 is 0 Å². The Balaban J connectivity index is 1.53. The normalized spacial score (nSPS) is 10.6. The molecule has 0 aliphatic rings. The van der Waals surface area contributed by atoms with Gasteiger partial charge < -0.3 is 10.6 Å². The molecule has 3 aromatic rings. The Morgan fingerprint density at radius 2 is 1.73 bits per heavy atom. The fraction of sp³-hybridized carbons (Fsp3) is 0.211. The summed E-state index contributed by atoms with van der Waals surface area (Å²) < 4.78 is 0.760. The second-order valence-electron chi connectivity index (χ2n) is 6.08. The highest BCUT2D eigenvalue weighted by Gasteiger charge is 2.09. The number of nitrogens with one attached hydrogen (secondary N) is 2. The van der Waals surface area contributed by atoms with E-state index >= 15 is 0 Å². The molecule has 2 aromatic carbocycles. The Bertz CT molecular complexity index is 903. The SMILES string of the molecule is Cc1cc(C)cc(NC(=O)CSc2nnc(Nc3cccc(C)c3)s2)c1. The van der Waals surface area contributed by atoms with E-state index in [1.54, 1.807) is 0 Å². The minimum absolute atomic E-state index is 0.0524. The zero-order valence-electron chi connectivity index (χ0n) is 14.9. The van der Waals surface area contributed by atoms with Crippen molar-refractivity contribution in [3.05, 3.63) is 59.2 Å². The highest BCUT2D eigenvalue weighted by atomic mass is 32.2. The van der Waals surface area contributed by atoms with E-state index in [4.69, 9.17) is 0 Å². The van der Waals surface area contributed by atoms with Crippen molar-refractivity contribution < 1.29 is 4.79 Å². The third-order valence-corrected chi connectivity index (χ3v) is 5.48. The lowest BCUT2D eigenvalue weighted by Crippen LogP contribution is -2.14. The molecule has 1 amide bonds. The third-order valence-electron chi connectivity index (χ3n) is 3.51. The van der Waals surface area contributed by atoms with Gasteiger partial charge in [0.15, 0.2) is 4.34 Å². The molecule has 0 bridgehead atoms. The summed E-state index contributed by atoms with van der Waals surface area (Å²) in [7, 11) is 0. The fourth-order valence-corrected chi connectivity index (χ4v) is 4.11. The lowest BCUT2D eigenvalue weighted by molar-refractivity contribution is -0.113. The largest absolute Gasteiger partial charge is 0.330 e. The van der Waals surface area contributed by atoms with Gasteiger partial charge in [0.1, 0.15) is 0 Å². The second-order valence-corrected chi connectivity index (χ2v) is 8.28. The van der Waals surface area contributed by atoms with Gasteiger partial charge >= 0.3 is 0 Å². The van der Waals surface area contributed by atoms with Crippen molar-refractivity contribution in [3.8, 4) is 0 Å². The molecular weight excluding hydrogens is 364 g/mol. The molecule has 0 saturated carbocycles. The number of hydrogen-bond donors (Lipinski definition) is 2. The van der Waals surface area contributed by atoms with E-state index in [-0.39, 0.29) is 5.91 Å². The van der Waals surface area contributed by atoms with Crippen molar-refractivity contribution in [2.75, 3.05) is 16.4 Å². The molecule has 1 aromatic heterocycles. The van der Waals surface area contributed by atoms with Crippen LogP contribution in [-0.2, 0) is 4.79 Å². The number of thioether (sulfide) groups is 1. The van der Waals surface area contributed by atoms with Crippen LogP contribution >= 0.6 is 23.1 Å². The molecule has 5 nitrogen and oxygen atoms in total. The number of benzene rings is 2. The number of carbonyl (C=O) groups excluding carboxylic acids is 1. The Kier molecular flexibility index (Phi) is 5.90. The third kappa shape index (κ3) is 5.31. The number of aromatic nitrogens is 2. The maximum atomic E-state index is 12.2. The van der Waals surface area contributed by atoms with Gasteiger partial charge in [0.2, 0.25) is 11.0 Å². The number of carbonyl (C=O) groups is 1. The Labute approximate surface area is 161 Å². The van der Waals surface area contributed by atoms with Gasteiger partial charge in [0, 0.05) is 11.4 Å². The molecule has 0 atom stereocenters. The van der Waals surface area contributed by atoms with Crippen molar-refractivity contribution >= 4 is 45.5 Å². The predicted molar refractivity (Wildman–Crippen MR) is 110 cm³/mol. The molecule has 0 aliphatic carbocycles. The standard InChI is InChI=1S/C19H20N4OS2/c1-12-5-4-6-15(8-12)21-18-22-23-19(26-18)25-11-17(24)20-16-9-13(2)7-14(3)10-16/h4-10H,11H2,1-3H3,(H,20,24)(H,21,22). The van der Waals surface area contributed by atoms with Crippen LogP contribution in [0.1, 0.15) is 16.7 Å². The van der Waals surface area contributed by atoms with Crippen LogP contribution in [0.2, 0.25) is 0 Å². The Morgan fingerprint density at radius 3 is 2.46 bits per heavy atom. The van der Waals surface area contributed by atoms with Gasteiger partial charge in [-0.15, -0.1) is 10.2 Å². The van der Waals surface area contributed by atoms with Gasteiger partial charge in [0.25, 0.3) is 0 Å². The van der Waals surface area contributed by atoms with Crippen molar-refractivity contribution in [2.45, 2.75) is 25.1 Å². The quantitative estimate of drug-likeness (QED) is 0.589. The first kappa shape index (κ1) is 18.4. The predicted octanol–water partition coefficient (Wildman–Crippen LogP) is 4.94. The summed E-state index contributed by atoms with van der Waals surface area (Å²) in [6.07, 6.45) is 0. The molecule has 0 unspecified atom stereocenters. The topological polar surface area (TPSA) is 66.9 Å². The zero-order valence-corrected chi connectivity index (χ0v) is 16.5. The number of anilines is 3. The summed E-state index contributed by atoms with van der Waals surface area (Å²) in [5.74, 6) is 0.245. The maximum Gasteiger partial charge on any atom is 0.234 e. The number of aryl methyl sites for hydroxylation is 3. The number of nitrogens with zero attached hydrogens (tertiary/aromatic N) is 2. The monoisotopic (exact) mass is 384 g/mol. The number of hydrogen-bond acceptors (Lipinski definition) is 6. The molecule has 2 N–H and O–H groups in total. The lowest BCUT2D eigenvalue weighted by atomic mass is 10.1.